The molecule has 0 saturated carbocycles. The number of aryl methyl sites for hydroxylation is 1. The quantitative estimate of drug-likeness (QED) is 0.648. The van der Waals surface area contributed by atoms with E-state index in [-0.39, 0.29) is 0 Å². The van der Waals surface area contributed by atoms with Gasteiger partial charge in [-0.25, -0.2) is 0 Å². The van der Waals surface area contributed by atoms with Gasteiger partial charge in [-0.2, -0.15) is 0 Å². The van der Waals surface area contributed by atoms with Gasteiger partial charge < -0.3 is 14.6 Å². The predicted molar refractivity (Wildman–Crippen MR) is 76.8 cm³/mol. The number of nitrogens with one attached hydrogen (secondary N) is 1. The Labute approximate surface area is 112 Å². The molecule has 1 N–H and O–H groups in total. The SMILES string of the molecule is CCCN(CCC)CCCNCc1ccc(C)o1. The van der Waals surface area contributed by atoms with Crippen LogP contribution in [-0.4, -0.2) is 31.1 Å². The predicted octanol–water partition coefficient (Wildman–Crippen LogP) is 3.19. The first-order valence-electron chi connectivity index (χ1n) is 7.24. The lowest BCUT2D eigenvalue weighted by Crippen LogP contribution is -2.29. The Morgan fingerprint density at radius 3 is 2.39 bits per heavy atom. The molecule has 0 spiro atoms. The summed E-state index contributed by atoms with van der Waals surface area (Å²) < 4.78 is 5.52. The van der Waals surface area contributed by atoms with E-state index in [4.69, 9.17) is 4.42 Å². The Balaban J connectivity index is 2.06. The van der Waals surface area contributed by atoms with Gasteiger partial charge in [0.1, 0.15) is 11.5 Å². The summed E-state index contributed by atoms with van der Waals surface area (Å²) in [6.07, 6.45) is 3.71. The first-order chi connectivity index (χ1) is 8.76. The van der Waals surface area contributed by atoms with Gasteiger partial charge in [-0.3, -0.25) is 0 Å². The second-order valence-corrected chi connectivity index (χ2v) is 4.88. The summed E-state index contributed by atoms with van der Waals surface area (Å²) in [7, 11) is 0. The van der Waals surface area contributed by atoms with Crippen LogP contribution in [-0.2, 0) is 6.54 Å². The van der Waals surface area contributed by atoms with Gasteiger partial charge in [0.25, 0.3) is 0 Å². The van der Waals surface area contributed by atoms with Crippen molar-refractivity contribution >= 4 is 0 Å². The van der Waals surface area contributed by atoms with Crippen LogP contribution in [0.3, 0.4) is 0 Å². The van der Waals surface area contributed by atoms with E-state index in [9.17, 15) is 0 Å². The first kappa shape index (κ1) is 15.3. The summed E-state index contributed by atoms with van der Waals surface area (Å²) in [6.45, 7) is 12.0. The summed E-state index contributed by atoms with van der Waals surface area (Å²) in [6, 6.07) is 4.06. The smallest absolute Gasteiger partial charge is 0.117 e. The van der Waals surface area contributed by atoms with Crippen LogP contribution in [0.1, 0.15) is 44.6 Å². The molecule has 0 atom stereocenters. The Morgan fingerprint density at radius 2 is 1.83 bits per heavy atom. The van der Waals surface area contributed by atoms with Crippen molar-refractivity contribution in [1.29, 1.82) is 0 Å². The zero-order valence-electron chi connectivity index (χ0n) is 12.2. The van der Waals surface area contributed by atoms with Crippen molar-refractivity contribution in [2.75, 3.05) is 26.2 Å². The maximum Gasteiger partial charge on any atom is 0.117 e. The van der Waals surface area contributed by atoms with Gasteiger partial charge in [-0.1, -0.05) is 13.8 Å². The molecule has 0 radical (unpaired) electrons. The molecule has 1 aromatic heterocycles. The van der Waals surface area contributed by atoms with Crippen LogP contribution in [0.4, 0.5) is 0 Å². The van der Waals surface area contributed by atoms with Crippen LogP contribution in [0.5, 0.6) is 0 Å². The van der Waals surface area contributed by atoms with Gasteiger partial charge in [0.2, 0.25) is 0 Å². The highest BCUT2D eigenvalue weighted by atomic mass is 16.3. The van der Waals surface area contributed by atoms with Gasteiger partial charge >= 0.3 is 0 Å². The largest absolute Gasteiger partial charge is 0.465 e. The lowest BCUT2D eigenvalue weighted by Gasteiger charge is -2.20. The third kappa shape index (κ3) is 6.22. The minimum absolute atomic E-state index is 0.843. The summed E-state index contributed by atoms with van der Waals surface area (Å²) in [5, 5.41) is 3.43. The molecule has 0 aliphatic heterocycles. The molecule has 1 aromatic rings. The van der Waals surface area contributed by atoms with Gasteiger partial charge in [-0.15, -0.1) is 0 Å². The summed E-state index contributed by atoms with van der Waals surface area (Å²) in [4.78, 5) is 2.55. The van der Waals surface area contributed by atoms with Gasteiger partial charge in [-0.05, 0) is 64.5 Å². The molecule has 0 aliphatic carbocycles. The van der Waals surface area contributed by atoms with Crippen molar-refractivity contribution in [3.63, 3.8) is 0 Å². The van der Waals surface area contributed by atoms with E-state index in [1.54, 1.807) is 0 Å². The van der Waals surface area contributed by atoms with Gasteiger partial charge in [0.15, 0.2) is 0 Å². The fraction of sp³-hybridized carbons (Fsp3) is 0.733. The van der Waals surface area contributed by atoms with E-state index in [0.29, 0.717) is 0 Å². The zero-order chi connectivity index (χ0) is 13.2. The average molecular weight is 252 g/mol. The number of rotatable bonds is 10. The maximum absolute atomic E-state index is 5.52. The van der Waals surface area contributed by atoms with Crippen molar-refractivity contribution in [2.24, 2.45) is 0 Å². The average Bonchev–Trinajstić information content (AvgIpc) is 2.75. The van der Waals surface area contributed by atoms with Gasteiger partial charge in [0.05, 0.1) is 6.54 Å². The van der Waals surface area contributed by atoms with E-state index in [1.807, 2.05) is 19.1 Å². The molecule has 0 unspecified atom stereocenters. The monoisotopic (exact) mass is 252 g/mol. The fourth-order valence-electron chi connectivity index (χ4n) is 2.19. The molecule has 0 amide bonds. The van der Waals surface area contributed by atoms with E-state index in [2.05, 4.69) is 24.1 Å². The van der Waals surface area contributed by atoms with E-state index >= 15 is 0 Å². The zero-order valence-corrected chi connectivity index (χ0v) is 12.2. The molecule has 1 rings (SSSR count). The number of hydrogen-bond acceptors (Lipinski definition) is 3. The van der Waals surface area contributed by atoms with E-state index in [0.717, 1.165) is 24.6 Å². The molecule has 1 heterocycles. The fourth-order valence-corrected chi connectivity index (χ4v) is 2.19. The standard InChI is InChI=1S/C15H28N2O/c1-4-10-17(11-5-2)12-6-9-16-13-15-8-7-14(3)18-15/h7-8,16H,4-6,9-13H2,1-3H3. The molecule has 0 aliphatic rings. The van der Waals surface area contributed by atoms with Crippen LogP contribution in [0.2, 0.25) is 0 Å². The van der Waals surface area contributed by atoms with Crippen molar-refractivity contribution < 1.29 is 4.42 Å². The maximum atomic E-state index is 5.52. The summed E-state index contributed by atoms with van der Waals surface area (Å²) in [5.74, 6) is 2.02. The number of nitrogens with zero attached hydrogens (tertiary/aromatic N) is 1. The first-order valence-corrected chi connectivity index (χ1v) is 7.24. The van der Waals surface area contributed by atoms with Crippen LogP contribution in [0.15, 0.2) is 16.5 Å². The molecule has 0 aromatic carbocycles. The number of hydrogen-bond donors (Lipinski definition) is 1. The molecular weight excluding hydrogens is 224 g/mol. The van der Waals surface area contributed by atoms with E-state index < -0.39 is 0 Å². The Hall–Kier alpha value is -0.800. The third-order valence-electron chi connectivity index (χ3n) is 3.00. The minimum Gasteiger partial charge on any atom is -0.465 e. The highest BCUT2D eigenvalue weighted by molar-refractivity contribution is 5.04. The topological polar surface area (TPSA) is 28.4 Å². The van der Waals surface area contributed by atoms with Crippen molar-refractivity contribution in [3.05, 3.63) is 23.7 Å². The molecule has 104 valence electrons. The molecule has 18 heavy (non-hydrogen) atoms. The highest BCUT2D eigenvalue weighted by Crippen LogP contribution is 2.05. The van der Waals surface area contributed by atoms with Crippen molar-refractivity contribution in [3.8, 4) is 0 Å². The summed E-state index contributed by atoms with van der Waals surface area (Å²) in [5.41, 5.74) is 0. The minimum atomic E-state index is 0.843. The lowest BCUT2D eigenvalue weighted by molar-refractivity contribution is 0.269. The molecule has 0 bridgehead atoms. The molecular formula is C15H28N2O. The molecule has 0 saturated heterocycles. The molecule has 0 fully saturated rings. The second kappa shape index (κ2) is 9.17. The van der Waals surface area contributed by atoms with Crippen LogP contribution in [0, 0.1) is 6.92 Å². The normalized spacial score (nSPS) is 11.3. The molecule has 3 heteroatoms. The third-order valence-corrected chi connectivity index (χ3v) is 3.00. The second-order valence-electron chi connectivity index (χ2n) is 4.88. The highest BCUT2D eigenvalue weighted by Gasteiger charge is 2.02. The molecule has 3 nitrogen and oxygen atoms in total. The summed E-state index contributed by atoms with van der Waals surface area (Å²) >= 11 is 0. The van der Waals surface area contributed by atoms with Crippen molar-refractivity contribution in [2.45, 2.75) is 46.6 Å². The van der Waals surface area contributed by atoms with Crippen LogP contribution in [0.25, 0.3) is 0 Å². The van der Waals surface area contributed by atoms with Crippen LogP contribution < -0.4 is 5.32 Å². The van der Waals surface area contributed by atoms with E-state index in [1.165, 1.54) is 38.9 Å². The van der Waals surface area contributed by atoms with Gasteiger partial charge in [0, 0.05) is 0 Å². The van der Waals surface area contributed by atoms with Crippen molar-refractivity contribution in [1.82, 2.24) is 10.2 Å². The number of furan rings is 1. The lowest BCUT2D eigenvalue weighted by atomic mass is 10.3. The Bertz CT molecular complexity index is 303. The Kier molecular flexibility index (Phi) is 7.78. The van der Waals surface area contributed by atoms with Crippen LogP contribution >= 0.6 is 0 Å². The Morgan fingerprint density at radius 1 is 1.11 bits per heavy atom.